The summed E-state index contributed by atoms with van der Waals surface area (Å²) in [7, 11) is 0. The van der Waals surface area contributed by atoms with Gasteiger partial charge in [0, 0.05) is 12.2 Å². The molecule has 0 aliphatic carbocycles. The summed E-state index contributed by atoms with van der Waals surface area (Å²) in [6.07, 6.45) is 0.535. The van der Waals surface area contributed by atoms with E-state index in [0.29, 0.717) is 19.4 Å². The molecule has 0 saturated carbocycles. The van der Waals surface area contributed by atoms with Gasteiger partial charge in [0.2, 0.25) is 0 Å². The van der Waals surface area contributed by atoms with Gasteiger partial charge >= 0.3 is 0 Å². The van der Waals surface area contributed by atoms with Crippen LogP contribution in [0.25, 0.3) is 0 Å². The molecule has 1 aromatic carbocycles. The second kappa shape index (κ2) is 6.10. The standard InChI is InChI=1S/C12H13F2IN2O2/c13-8-3-6(4-9(14)11(8)15)17-12(18)10-2-1-7(5-16)19-10/h3-4,7,10H,1-2,5,16H2,(H,17,18)/t7-,10+/m1/s1. The van der Waals surface area contributed by atoms with Crippen molar-refractivity contribution in [3.63, 3.8) is 0 Å². The molecular formula is C12H13F2IN2O2. The van der Waals surface area contributed by atoms with Crippen LogP contribution in [0.5, 0.6) is 0 Å². The van der Waals surface area contributed by atoms with Gasteiger partial charge in [-0.15, -0.1) is 0 Å². The molecule has 19 heavy (non-hydrogen) atoms. The lowest BCUT2D eigenvalue weighted by Crippen LogP contribution is -2.29. The molecular weight excluding hydrogens is 369 g/mol. The van der Waals surface area contributed by atoms with Crippen molar-refractivity contribution in [1.82, 2.24) is 0 Å². The molecule has 1 saturated heterocycles. The lowest BCUT2D eigenvalue weighted by Gasteiger charge is -2.13. The molecule has 4 nitrogen and oxygen atoms in total. The average Bonchev–Trinajstić information content (AvgIpc) is 2.84. The van der Waals surface area contributed by atoms with E-state index in [9.17, 15) is 13.6 Å². The zero-order chi connectivity index (χ0) is 14.0. The lowest BCUT2D eigenvalue weighted by molar-refractivity contribution is -0.126. The van der Waals surface area contributed by atoms with E-state index in [1.54, 1.807) is 22.6 Å². The number of nitrogens with one attached hydrogen (secondary N) is 1. The van der Waals surface area contributed by atoms with Crippen LogP contribution in [0, 0.1) is 15.2 Å². The van der Waals surface area contributed by atoms with Crippen LogP contribution in [0.15, 0.2) is 12.1 Å². The van der Waals surface area contributed by atoms with Crippen molar-refractivity contribution in [2.75, 3.05) is 11.9 Å². The Bertz CT molecular complexity index is 476. The summed E-state index contributed by atoms with van der Waals surface area (Å²) in [6.45, 7) is 0.358. The molecule has 0 bridgehead atoms. The van der Waals surface area contributed by atoms with Crippen LogP contribution in [-0.2, 0) is 9.53 Å². The van der Waals surface area contributed by atoms with Crippen LogP contribution in [-0.4, -0.2) is 24.7 Å². The normalized spacial score (nSPS) is 22.5. The van der Waals surface area contributed by atoms with Crippen molar-refractivity contribution in [2.24, 2.45) is 5.73 Å². The first kappa shape index (κ1) is 14.6. The Hall–Kier alpha value is -0.800. The molecule has 1 aromatic rings. The molecule has 1 aliphatic heterocycles. The second-order valence-electron chi connectivity index (χ2n) is 4.30. The molecule has 3 N–H and O–H groups in total. The lowest BCUT2D eigenvalue weighted by atomic mass is 10.2. The Kier molecular flexibility index (Phi) is 4.69. The van der Waals surface area contributed by atoms with Gasteiger partial charge in [-0.25, -0.2) is 8.78 Å². The highest BCUT2D eigenvalue weighted by molar-refractivity contribution is 14.1. The van der Waals surface area contributed by atoms with E-state index in [0.717, 1.165) is 12.1 Å². The van der Waals surface area contributed by atoms with Crippen molar-refractivity contribution in [1.29, 1.82) is 0 Å². The number of hydrogen-bond donors (Lipinski definition) is 2. The minimum Gasteiger partial charge on any atom is -0.364 e. The van der Waals surface area contributed by atoms with Crippen molar-refractivity contribution < 1.29 is 18.3 Å². The molecule has 2 atom stereocenters. The Morgan fingerprint density at radius 1 is 1.42 bits per heavy atom. The molecule has 1 fully saturated rings. The van der Waals surface area contributed by atoms with E-state index in [2.05, 4.69) is 5.32 Å². The number of ether oxygens (including phenoxy) is 1. The van der Waals surface area contributed by atoms with Crippen LogP contribution in [0.3, 0.4) is 0 Å². The number of nitrogens with two attached hydrogens (primary N) is 1. The summed E-state index contributed by atoms with van der Waals surface area (Å²) < 4.78 is 32.0. The predicted octanol–water partition coefficient (Wildman–Crippen LogP) is 2.01. The largest absolute Gasteiger partial charge is 0.364 e. The van der Waals surface area contributed by atoms with E-state index >= 15 is 0 Å². The smallest absolute Gasteiger partial charge is 0.253 e. The van der Waals surface area contributed by atoms with E-state index in [1.165, 1.54) is 0 Å². The van der Waals surface area contributed by atoms with Crippen molar-refractivity contribution in [3.05, 3.63) is 27.3 Å². The maximum atomic E-state index is 13.3. The summed E-state index contributed by atoms with van der Waals surface area (Å²) in [5.41, 5.74) is 5.53. The molecule has 0 aromatic heterocycles. The Labute approximate surface area is 122 Å². The highest BCUT2D eigenvalue weighted by Gasteiger charge is 2.30. The summed E-state index contributed by atoms with van der Waals surface area (Å²) in [5.74, 6) is -1.82. The minimum absolute atomic E-state index is 0.0835. The monoisotopic (exact) mass is 382 g/mol. The highest BCUT2D eigenvalue weighted by atomic mass is 127. The molecule has 1 aliphatic rings. The number of benzene rings is 1. The van der Waals surface area contributed by atoms with E-state index < -0.39 is 23.6 Å². The SMILES string of the molecule is NC[C@H]1CC[C@@H](C(=O)Nc2cc(F)c(I)c(F)c2)O1. The van der Waals surface area contributed by atoms with Gasteiger partial charge in [0.1, 0.15) is 17.7 Å². The Morgan fingerprint density at radius 3 is 2.58 bits per heavy atom. The number of carbonyl (C=O) groups is 1. The number of carbonyl (C=O) groups excluding carboxylic acids is 1. The first-order chi connectivity index (χ1) is 9.01. The van der Waals surface area contributed by atoms with Gasteiger partial charge in [-0.1, -0.05) is 0 Å². The number of rotatable bonds is 3. The van der Waals surface area contributed by atoms with E-state index in [4.69, 9.17) is 10.5 Å². The van der Waals surface area contributed by atoms with Crippen molar-refractivity contribution in [3.8, 4) is 0 Å². The minimum atomic E-state index is -0.705. The molecule has 0 unspecified atom stereocenters. The third-order valence-electron chi connectivity index (χ3n) is 2.91. The van der Waals surface area contributed by atoms with Gasteiger partial charge in [0.25, 0.3) is 5.91 Å². The number of amides is 1. The summed E-state index contributed by atoms with van der Waals surface area (Å²) in [5, 5.41) is 2.45. The van der Waals surface area contributed by atoms with Gasteiger partial charge in [-0.2, -0.15) is 0 Å². The van der Waals surface area contributed by atoms with Crippen LogP contribution >= 0.6 is 22.6 Å². The molecule has 2 rings (SSSR count). The van der Waals surface area contributed by atoms with E-state index in [1.807, 2.05) is 0 Å². The van der Waals surface area contributed by atoms with Crippen LogP contribution in [0.4, 0.5) is 14.5 Å². The first-order valence-corrected chi connectivity index (χ1v) is 6.90. The second-order valence-corrected chi connectivity index (χ2v) is 5.38. The zero-order valence-corrected chi connectivity index (χ0v) is 12.1. The Balaban J connectivity index is 2.03. The fourth-order valence-electron chi connectivity index (χ4n) is 1.92. The van der Waals surface area contributed by atoms with Gasteiger partial charge in [0.15, 0.2) is 0 Å². The van der Waals surface area contributed by atoms with Gasteiger partial charge < -0.3 is 15.8 Å². The van der Waals surface area contributed by atoms with Crippen molar-refractivity contribution >= 4 is 34.2 Å². The highest BCUT2D eigenvalue weighted by Crippen LogP contribution is 2.23. The molecule has 1 amide bonds. The van der Waals surface area contributed by atoms with Crippen LogP contribution in [0.2, 0.25) is 0 Å². The topological polar surface area (TPSA) is 64.4 Å². The quantitative estimate of drug-likeness (QED) is 0.621. The molecule has 0 spiro atoms. The fraction of sp³-hybridized carbons (Fsp3) is 0.417. The summed E-state index contributed by atoms with van der Waals surface area (Å²) >= 11 is 1.56. The molecule has 104 valence electrons. The summed E-state index contributed by atoms with van der Waals surface area (Å²) in [4.78, 5) is 11.9. The van der Waals surface area contributed by atoms with E-state index in [-0.39, 0.29) is 15.4 Å². The number of anilines is 1. The molecule has 1 heterocycles. The van der Waals surface area contributed by atoms with Gasteiger partial charge in [-0.05, 0) is 47.6 Å². The molecule has 0 radical (unpaired) electrons. The zero-order valence-electron chi connectivity index (χ0n) is 9.96. The van der Waals surface area contributed by atoms with Crippen LogP contribution < -0.4 is 11.1 Å². The predicted molar refractivity (Wildman–Crippen MR) is 74.7 cm³/mol. The van der Waals surface area contributed by atoms with Crippen LogP contribution in [0.1, 0.15) is 12.8 Å². The number of hydrogen-bond acceptors (Lipinski definition) is 3. The molecule has 7 heteroatoms. The average molecular weight is 382 g/mol. The third-order valence-corrected chi connectivity index (χ3v) is 3.94. The fourth-order valence-corrected chi connectivity index (χ4v) is 2.23. The Morgan fingerprint density at radius 2 is 2.05 bits per heavy atom. The van der Waals surface area contributed by atoms with Gasteiger partial charge in [-0.3, -0.25) is 4.79 Å². The first-order valence-electron chi connectivity index (χ1n) is 5.82. The maximum absolute atomic E-state index is 13.3. The summed E-state index contributed by atoms with van der Waals surface area (Å²) in [6, 6.07) is 2.16. The third kappa shape index (κ3) is 3.40. The maximum Gasteiger partial charge on any atom is 0.253 e. The van der Waals surface area contributed by atoms with Gasteiger partial charge in [0.05, 0.1) is 9.67 Å². The number of halogens is 3. The van der Waals surface area contributed by atoms with Crippen molar-refractivity contribution in [2.45, 2.75) is 25.0 Å².